The van der Waals surface area contributed by atoms with E-state index in [-0.39, 0.29) is 57.0 Å². The summed E-state index contributed by atoms with van der Waals surface area (Å²) < 4.78 is 0. The number of nitrogens with two attached hydrogens (primary N) is 2. The number of nitrogens with one attached hydrogen (secondary N) is 8. The van der Waals surface area contributed by atoms with Crippen LogP contribution in [0.5, 0.6) is 5.75 Å². The summed E-state index contributed by atoms with van der Waals surface area (Å²) in [7, 11) is 1.57. The molecule has 9 atom stereocenters. The lowest BCUT2D eigenvalue weighted by atomic mass is 9.91. The maximum absolute atomic E-state index is 14.9. The molecule has 1 fully saturated rings. The molecule has 2 aromatic carbocycles. The van der Waals surface area contributed by atoms with Crippen LogP contribution in [-0.4, -0.2) is 147 Å². The maximum Gasteiger partial charge on any atom is 0.326 e. The number of hydrogen-bond acceptors (Lipinski definition) is 12. The number of aromatic amines is 1. The minimum atomic E-state index is -1.39. The average molecular weight is 1020 g/mol. The molecule has 1 aromatic heterocycles. The number of guanidine groups is 1. The number of aliphatic carboxylic acids is 1. The van der Waals surface area contributed by atoms with Crippen molar-refractivity contribution in [1.29, 1.82) is 0 Å². The van der Waals surface area contributed by atoms with Crippen LogP contribution in [0.15, 0.2) is 72.1 Å². The van der Waals surface area contributed by atoms with Gasteiger partial charge in [-0.1, -0.05) is 83.5 Å². The number of benzene rings is 2. The van der Waals surface area contributed by atoms with E-state index in [1.807, 2.05) is 0 Å². The second kappa shape index (κ2) is 28.5. The van der Waals surface area contributed by atoms with Crippen LogP contribution in [-0.2, 0) is 51.2 Å². The number of aromatic nitrogens is 2. The molecule has 14 N–H and O–H groups in total. The molecule has 3 aromatic rings. The Morgan fingerprint density at radius 3 is 2.04 bits per heavy atom. The molecule has 1 unspecified atom stereocenters. The van der Waals surface area contributed by atoms with Gasteiger partial charge >= 0.3 is 5.97 Å². The van der Waals surface area contributed by atoms with E-state index in [1.165, 1.54) is 29.6 Å². The van der Waals surface area contributed by atoms with Crippen LogP contribution < -0.4 is 48.7 Å². The molecule has 1 saturated heterocycles. The zero-order valence-corrected chi connectivity index (χ0v) is 42.4. The van der Waals surface area contributed by atoms with E-state index >= 15 is 0 Å². The highest BCUT2D eigenvalue weighted by molar-refractivity contribution is 5.98. The number of phenols is 1. The molecule has 23 nitrogen and oxygen atoms in total. The number of nitrogens with zero attached hydrogens (tertiary/aromatic N) is 3. The summed E-state index contributed by atoms with van der Waals surface area (Å²) in [5.74, 6) is -7.83. The molecule has 0 bridgehead atoms. The Morgan fingerprint density at radius 1 is 0.795 bits per heavy atom. The van der Waals surface area contributed by atoms with Crippen molar-refractivity contribution in [2.45, 2.75) is 128 Å². The molecule has 7 amide bonds. The van der Waals surface area contributed by atoms with Crippen LogP contribution in [0.3, 0.4) is 0 Å². The smallest absolute Gasteiger partial charge is 0.326 e. The van der Waals surface area contributed by atoms with Gasteiger partial charge in [0.25, 0.3) is 0 Å². The fraction of sp³-hybridized carbons (Fsp3) is 0.520. The summed E-state index contributed by atoms with van der Waals surface area (Å²) in [6.07, 6.45) is 4.24. The zero-order chi connectivity index (χ0) is 53.8. The van der Waals surface area contributed by atoms with Crippen molar-refractivity contribution in [1.82, 2.24) is 52.1 Å². The standard InChI is InChI=1S/C50H73N13O10/c1-7-29(4)41(49(72)73)61-45(68)38-16-12-22-63(38)48(71)37(24-33-25-54-27-56-33)59-47(70)42(30(5)32-13-9-8-10-14-32)62-44(67)36(23-31-17-19-34(64)20-18-31)58-46(69)40(28(2)3)60-43(66)35(57-39(65)26-53-6)15-11-21-55-50(51)52/h8-10,13-14,17-20,25,27-30,35-38,40-42,53,64H,7,11-12,15-16,21-24,26H2,1-6H3,(H,54,56)(H,57,65)(H,58,69)(H,59,70)(H,60,66)(H,61,68)(H,62,67)(H,72,73)(H4,51,52,55)/t29-,30?,35-,36-,37-,38-,40-,41-,42-/m0/s1. The highest BCUT2D eigenvalue weighted by atomic mass is 16.4. The van der Waals surface area contributed by atoms with Gasteiger partial charge in [-0.15, -0.1) is 0 Å². The summed E-state index contributed by atoms with van der Waals surface area (Å²) >= 11 is 0. The number of hydrogen-bond donors (Lipinski definition) is 12. The Labute approximate surface area is 425 Å². The predicted octanol–water partition coefficient (Wildman–Crippen LogP) is -0.336. The number of likely N-dealkylation sites (N-methyl/N-ethyl adjacent to an activating group) is 1. The van der Waals surface area contributed by atoms with Gasteiger partial charge in [-0.05, 0) is 67.8 Å². The Hall–Kier alpha value is -7.56. The quantitative estimate of drug-likeness (QED) is 0.0252. The number of imidazole rings is 1. The summed E-state index contributed by atoms with van der Waals surface area (Å²) in [6, 6.07) is 6.15. The molecule has 0 spiro atoms. The molecule has 4 rings (SSSR count). The lowest BCUT2D eigenvalue weighted by molar-refractivity contribution is -0.146. The van der Waals surface area contributed by atoms with E-state index in [9.17, 15) is 48.6 Å². The number of aromatic hydroxyl groups is 1. The van der Waals surface area contributed by atoms with Gasteiger partial charge in [-0.3, -0.25) is 38.6 Å². The van der Waals surface area contributed by atoms with Gasteiger partial charge < -0.3 is 68.8 Å². The number of carboxylic acids is 1. The largest absolute Gasteiger partial charge is 0.508 e. The highest BCUT2D eigenvalue weighted by Crippen LogP contribution is 2.23. The van der Waals surface area contributed by atoms with Crippen LogP contribution in [0.1, 0.15) is 89.5 Å². The monoisotopic (exact) mass is 1020 g/mol. The molecular formula is C50H73N13O10. The van der Waals surface area contributed by atoms with E-state index in [0.29, 0.717) is 36.1 Å². The number of rotatable bonds is 28. The minimum Gasteiger partial charge on any atom is -0.508 e. The Balaban J connectivity index is 1.67. The number of phenolic OH excluding ortho intramolecular Hbond substituents is 1. The molecule has 398 valence electrons. The van der Waals surface area contributed by atoms with Crippen LogP contribution in [0, 0.1) is 11.8 Å². The first-order chi connectivity index (χ1) is 34.7. The van der Waals surface area contributed by atoms with Crippen LogP contribution in [0.4, 0.5) is 0 Å². The Bertz CT molecular complexity index is 2350. The predicted molar refractivity (Wildman–Crippen MR) is 271 cm³/mol. The van der Waals surface area contributed by atoms with E-state index in [4.69, 9.17) is 11.5 Å². The third-order valence-electron chi connectivity index (χ3n) is 12.8. The van der Waals surface area contributed by atoms with E-state index < -0.39 is 107 Å². The van der Waals surface area contributed by atoms with E-state index in [2.05, 4.69) is 52.2 Å². The van der Waals surface area contributed by atoms with Gasteiger partial charge in [0.05, 0.1) is 12.9 Å². The second-order valence-corrected chi connectivity index (χ2v) is 18.7. The lowest BCUT2D eigenvalue weighted by Gasteiger charge is -2.32. The maximum atomic E-state index is 14.9. The van der Waals surface area contributed by atoms with Gasteiger partial charge in [0.15, 0.2) is 5.96 Å². The third-order valence-corrected chi connectivity index (χ3v) is 12.8. The van der Waals surface area contributed by atoms with Crippen molar-refractivity contribution in [3.63, 3.8) is 0 Å². The van der Waals surface area contributed by atoms with Gasteiger partial charge in [0, 0.05) is 43.7 Å². The molecule has 23 heteroatoms. The molecule has 0 saturated carbocycles. The normalized spacial score (nSPS) is 16.5. The molecule has 73 heavy (non-hydrogen) atoms. The van der Waals surface area contributed by atoms with E-state index in [1.54, 1.807) is 84.1 Å². The van der Waals surface area contributed by atoms with Crippen LogP contribution in [0.2, 0.25) is 0 Å². The highest BCUT2D eigenvalue weighted by Gasteiger charge is 2.41. The van der Waals surface area contributed by atoms with Gasteiger partial charge in [0.2, 0.25) is 41.4 Å². The summed E-state index contributed by atoms with van der Waals surface area (Å²) in [4.78, 5) is 123. The lowest BCUT2D eigenvalue weighted by Crippen LogP contribution is -2.61. The number of carbonyl (C=O) groups excluding carboxylic acids is 7. The molecule has 0 radical (unpaired) electrons. The SMILES string of the molecule is CC[C@H](C)[C@H](NC(=O)[C@@H]1CCCN1C(=O)[C@H](Cc1cnc[nH]1)NC(=O)[C@@H](NC(=O)[C@H](Cc1ccc(O)cc1)NC(=O)[C@@H](NC(=O)[C@H](CCCN=C(N)N)NC(=O)CNC)C(C)C)C(C)c1ccccc1)C(=O)O. The number of carbonyl (C=O) groups is 8. The van der Waals surface area contributed by atoms with Crippen molar-refractivity contribution in [3.05, 3.63) is 83.9 Å². The fourth-order valence-corrected chi connectivity index (χ4v) is 8.44. The first-order valence-electron chi connectivity index (χ1n) is 24.6. The summed E-state index contributed by atoms with van der Waals surface area (Å²) in [5.41, 5.74) is 12.5. The fourth-order valence-electron chi connectivity index (χ4n) is 8.44. The van der Waals surface area contributed by atoms with E-state index in [0.717, 1.165) is 0 Å². The number of likely N-dealkylation sites (tertiary alicyclic amines) is 1. The molecule has 2 heterocycles. The zero-order valence-electron chi connectivity index (χ0n) is 42.4. The number of aliphatic imine (C=N–C) groups is 1. The Morgan fingerprint density at radius 2 is 1.44 bits per heavy atom. The number of carboxylic acid groups (broad SMARTS) is 1. The topological polar surface area (TPSA) is 358 Å². The van der Waals surface area contributed by atoms with Crippen molar-refractivity contribution in [3.8, 4) is 5.75 Å². The average Bonchev–Trinajstić information content (AvgIpc) is 4.08. The van der Waals surface area contributed by atoms with Crippen LogP contribution in [0.25, 0.3) is 0 Å². The van der Waals surface area contributed by atoms with Crippen molar-refractivity contribution >= 4 is 53.3 Å². The summed E-state index contributed by atoms with van der Waals surface area (Å²) in [6.45, 7) is 8.83. The Kier molecular flexibility index (Phi) is 22.6. The first kappa shape index (κ1) is 58.0. The van der Waals surface area contributed by atoms with Crippen LogP contribution >= 0.6 is 0 Å². The molecule has 1 aliphatic heterocycles. The van der Waals surface area contributed by atoms with Crippen molar-refractivity contribution < 1.29 is 48.6 Å². The van der Waals surface area contributed by atoms with Gasteiger partial charge in [-0.2, -0.15) is 0 Å². The third kappa shape index (κ3) is 17.6. The van der Waals surface area contributed by atoms with Gasteiger partial charge in [0.1, 0.15) is 48.0 Å². The molecular weight excluding hydrogens is 943 g/mol. The minimum absolute atomic E-state index is 0.0462. The number of amides is 7. The number of H-pyrrole nitrogens is 1. The second-order valence-electron chi connectivity index (χ2n) is 18.7. The first-order valence-corrected chi connectivity index (χ1v) is 24.6. The van der Waals surface area contributed by atoms with Crippen molar-refractivity contribution in [2.24, 2.45) is 28.3 Å². The molecule has 1 aliphatic rings. The molecule has 0 aliphatic carbocycles. The van der Waals surface area contributed by atoms with Crippen molar-refractivity contribution in [2.75, 3.05) is 26.7 Å². The summed E-state index contributed by atoms with van der Waals surface area (Å²) in [5, 5.41) is 39.2. The van der Waals surface area contributed by atoms with Gasteiger partial charge in [-0.25, -0.2) is 9.78 Å².